The Labute approximate surface area is 264 Å². The van der Waals surface area contributed by atoms with E-state index in [4.69, 9.17) is 9.47 Å². The minimum Gasteiger partial charge on any atom is -0.507 e. The van der Waals surface area contributed by atoms with Gasteiger partial charge in [-0.2, -0.15) is 0 Å². The molecular formula is C40H50O4. The molecule has 0 aliphatic carbocycles. The van der Waals surface area contributed by atoms with Crippen molar-refractivity contribution in [2.75, 3.05) is 6.61 Å². The molecule has 0 aliphatic rings. The molecule has 0 aromatic heterocycles. The molecule has 0 saturated heterocycles. The van der Waals surface area contributed by atoms with Crippen molar-refractivity contribution in [3.63, 3.8) is 0 Å². The quantitative estimate of drug-likeness (QED) is 0.160. The van der Waals surface area contributed by atoms with Crippen LogP contribution < -0.4 is 9.47 Å². The SMILES string of the molecule is Cc1cc(-c2cc(C)c(OCCCCCCC(C)Oc3c(C)cc(-c4cc(C)c(O)c(C)c4)cc3C)c(C)c2)cc(C)c1O. The third-order valence-corrected chi connectivity index (χ3v) is 8.64. The lowest BCUT2D eigenvalue weighted by Crippen LogP contribution is -2.13. The zero-order valence-corrected chi connectivity index (χ0v) is 28.1. The van der Waals surface area contributed by atoms with Crippen LogP contribution in [0.25, 0.3) is 22.3 Å². The van der Waals surface area contributed by atoms with Crippen LogP contribution in [0.15, 0.2) is 48.5 Å². The second-order valence-electron chi connectivity index (χ2n) is 12.8. The highest BCUT2D eigenvalue weighted by Crippen LogP contribution is 2.35. The molecule has 0 amide bonds. The highest BCUT2D eigenvalue weighted by atomic mass is 16.5. The summed E-state index contributed by atoms with van der Waals surface area (Å²) in [7, 11) is 0. The minimum atomic E-state index is 0.151. The zero-order chi connectivity index (χ0) is 32.1. The van der Waals surface area contributed by atoms with Crippen molar-refractivity contribution in [3.05, 3.63) is 93.0 Å². The Kier molecular flexibility index (Phi) is 10.7. The second-order valence-corrected chi connectivity index (χ2v) is 12.8. The lowest BCUT2D eigenvalue weighted by atomic mass is 9.96. The second kappa shape index (κ2) is 14.2. The summed E-state index contributed by atoms with van der Waals surface area (Å²) in [5.41, 5.74) is 12.7. The van der Waals surface area contributed by atoms with Crippen LogP contribution in [0.2, 0.25) is 0 Å². The zero-order valence-electron chi connectivity index (χ0n) is 28.1. The van der Waals surface area contributed by atoms with E-state index in [2.05, 4.69) is 58.9 Å². The highest BCUT2D eigenvalue weighted by molar-refractivity contribution is 5.71. The molecule has 1 unspecified atom stereocenters. The molecule has 0 radical (unpaired) electrons. The fourth-order valence-electron chi connectivity index (χ4n) is 6.21. The molecule has 0 aliphatic heterocycles. The molecule has 2 N–H and O–H groups in total. The number of aryl methyl sites for hydroxylation is 8. The largest absolute Gasteiger partial charge is 0.507 e. The molecule has 44 heavy (non-hydrogen) atoms. The van der Waals surface area contributed by atoms with Crippen LogP contribution in [-0.4, -0.2) is 22.9 Å². The summed E-state index contributed by atoms with van der Waals surface area (Å²) in [5.74, 6) is 2.71. The standard InChI is InChI=1S/C40H50O4/c1-24-16-33(17-25(2)37(24)41)35-20-28(5)39(29(6)21-35)43-15-13-11-10-12-14-32(9)44-40-30(7)22-36(23-31(40)8)34-18-26(3)38(42)27(4)19-34/h16-23,32,41-42H,10-15H2,1-9H3. The topological polar surface area (TPSA) is 58.9 Å². The number of rotatable bonds is 12. The first kappa shape index (κ1) is 33.0. The molecule has 0 saturated carbocycles. The van der Waals surface area contributed by atoms with E-state index in [1.807, 2.05) is 52.0 Å². The van der Waals surface area contributed by atoms with Crippen LogP contribution in [0.3, 0.4) is 0 Å². The predicted molar refractivity (Wildman–Crippen MR) is 184 cm³/mol. The van der Waals surface area contributed by atoms with Crippen molar-refractivity contribution in [3.8, 4) is 45.3 Å². The van der Waals surface area contributed by atoms with E-state index in [1.165, 1.54) is 0 Å². The van der Waals surface area contributed by atoms with Gasteiger partial charge in [-0.25, -0.2) is 0 Å². The summed E-state index contributed by atoms with van der Waals surface area (Å²) >= 11 is 0. The maximum Gasteiger partial charge on any atom is 0.125 e. The Morgan fingerprint density at radius 3 is 1.23 bits per heavy atom. The van der Waals surface area contributed by atoms with Crippen LogP contribution in [0.4, 0.5) is 0 Å². The lowest BCUT2D eigenvalue weighted by molar-refractivity contribution is 0.203. The fourth-order valence-corrected chi connectivity index (χ4v) is 6.21. The average Bonchev–Trinajstić information content (AvgIpc) is 2.96. The van der Waals surface area contributed by atoms with Gasteiger partial charge in [-0.15, -0.1) is 0 Å². The maximum atomic E-state index is 10.2. The Balaban J connectivity index is 1.22. The first-order chi connectivity index (χ1) is 20.8. The van der Waals surface area contributed by atoms with Crippen LogP contribution >= 0.6 is 0 Å². The molecule has 4 nitrogen and oxygen atoms in total. The predicted octanol–water partition coefficient (Wildman–Crippen LogP) is 10.7. The fraction of sp³-hybridized carbons (Fsp3) is 0.400. The van der Waals surface area contributed by atoms with Crippen molar-refractivity contribution in [1.82, 2.24) is 0 Å². The van der Waals surface area contributed by atoms with Crippen molar-refractivity contribution in [2.45, 2.75) is 101 Å². The van der Waals surface area contributed by atoms with Crippen molar-refractivity contribution in [2.24, 2.45) is 0 Å². The van der Waals surface area contributed by atoms with E-state index in [-0.39, 0.29) is 6.10 Å². The molecule has 0 heterocycles. The average molecular weight is 595 g/mol. The van der Waals surface area contributed by atoms with Gasteiger partial charge in [0.15, 0.2) is 0 Å². The molecule has 0 fully saturated rings. The number of hydrogen-bond acceptors (Lipinski definition) is 4. The van der Waals surface area contributed by atoms with E-state index in [0.29, 0.717) is 11.5 Å². The summed E-state index contributed by atoms with van der Waals surface area (Å²) in [6.07, 6.45) is 5.62. The summed E-state index contributed by atoms with van der Waals surface area (Å²) in [6.45, 7) is 19.1. The maximum absolute atomic E-state index is 10.2. The van der Waals surface area contributed by atoms with Gasteiger partial charge in [0.25, 0.3) is 0 Å². The van der Waals surface area contributed by atoms with Gasteiger partial charge in [0, 0.05) is 0 Å². The van der Waals surface area contributed by atoms with Gasteiger partial charge in [-0.05, 0) is 197 Å². The van der Waals surface area contributed by atoms with Crippen LogP contribution in [-0.2, 0) is 0 Å². The molecule has 0 bridgehead atoms. The number of phenols is 2. The first-order valence-electron chi connectivity index (χ1n) is 16.0. The van der Waals surface area contributed by atoms with Crippen LogP contribution in [0.1, 0.15) is 83.5 Å². The molecule has 4 heteroatoms. The summed E-state index contributed by atoms with van der Waals surface area (Å²) in [6, 6.07) is 16.9. The molecule has 4 aromatic rings. The Hall–Kier alpha value is -3.92. The Morgan fingerprint density at radius 2 is 0.818 bits per heavy atom. The molecule has 1 atom stereocenters. The van der Waals surface area contributed by atoms with E-state index in [9.17, 15) is 10.2 Å². The Morgan fingerprint density at radius 1 is 0.477 bits per heavy atom. The van der Waals surface area contributed by atoms with E-state index < -0.39 is 0 Å². The number of phenolic OH excluding ortho intramolecular Hbond substituents is 2. The van der Waals surface area contributed by atoms with Gasteiger partial charge < -0.3 is 19.7 Å². The van der Waals surface area contributed by atoms with Gasteiger partial charge in [0.1, 0.15) is 23.0 Å². The number of unbranched alkanes of at least 4 members (excludes halogenated alkanes) is 3. The van der Waals surface area contributed by atoms with Crippen LogP contribution in [0, 0.1) is 55.4 Å². The van der Waals surface area contributed by atoms with E-state index >= 15 is 0 Å². The van der Waals surface area contributed by atoms with E-state index in [1.54, 1.807) is 0 Å². The van der Waals surface area contributed by atoms with E-state index in [0.717, 1.165) is 117 Å². The number of ether oxygens (including phenoxy) is 2. The number of hydrogen-bond donors (Lipinski definition) is 2. The molecule has 4 rings (SSSR count). The summed E-state index contributed by atoms with van der Waals surface area (Å²) in [5, 5.41) is 20.3. The number of benzene rings is 4. The molecular weight excluding hydrogens is 544 g/mol. The first-order valence-corrected chi connectivity index (χ1v) is 16.0. The molecule has 4 aromatic carbocycles. The van der Waals surface area contributed by atoms with Gasteiger partial charge in [-0.1, -0.05) is 12.8 Å². The monoisotopic (exact) mass is 594 g/mol. The summed E-state index contributed by atoms with van der Waals surface area (Å²) in [4.78, 5) is 0. The van der Waals surface area contributed by atoms with Gasteiger partial charge in [0.2, 0.25) is 0 Å². The third-order valence-electron chi connectivity index (χ3n) is 8.64. The van der Waals surface area contributed by atoms with Crippen LogP contribution in [0.5, 0.6) is 23.0 Å². The molecule has 0 spiro atoms. The smallest absolute Gasteiger partial charge is 0.125 e. The summed E-state index contributed by atoms with van der Waals surface area (Å²) < 4.78 is 12.7. The third kappa shape index (κ3) is 7.77. The van der Waals surface area contributed by atoms with Crippen molar-refractivity contribution < 1.29 is 19.7 Å². The van der Waals surface area contributed by atoms with Gasteiger partial charge >= 0.3 is 0 Å². The number of aromatic hydroxyl groups is 2. The van der Waals surface area contributed by atoms with Gasteiger partial charge in [0.05, 0.1) is 12.7 Å². The minimum absolute atomic E-state index is 0.151. The highest BCUT2D eigenvalue weighted by Gasteiger charge is 2.14. The Bertz CT molecular complexity index is 1540. The lowest BCUT2D eigenvalue weighted by Gasteiger charge is -2.20. The van der Waals surface area contributed by atoms with Crippen molar-refractivity contribution in [1.29, 1.82) is 0 Å². The molecule has 234 valence electrons. The van der Waals surface area contributed by atoms with Gasteiger partial charge in [-0.3, -0.25) is 0 Å². The normalized spacial score (nSPS) is 11.9. The van der Waals surface area contributed by atoms with Crippen molar-refractivity contribution >= 4 is 0 Å².